The highest BCUT2D eigenvalue weighted by molar-refractivity contribution is 7.99. The van der Waals surface area contributed by atoms with Crippen LogP contribution in [0.5, 0.6) is 5.75 Å². The number of aromatic nitrogens is 2. The van der Waals surface area contributed by atoms with Crippen molar-refractivity contribution < 1.29 is 18.7 Å². The molecule has 0 aliphatic heterocycles. The molecule has 0 radical (unpaired) electrons. The Bertz CT molecular complexity index is 708. The predicted octanol–water partition coefficient (Wildman–Crippen LogP) is 2.63. The van der Waals surface area contributed by atoms with Crippen LogP contribution in [-0.4, -0.2) is 34.4 Å². The molecule has 0 atom stereocenters. The normalized spacial score (nSPS) is 10.3. The van der Waals surface area contributed by atoms with Crippen LogP contribution >= 0.6 is 23.4 Å². The summed E-state index contributed by atoms with van der Waals surface area (Å²) in [7, 11) is 0. The predicted molar refractivity (Wildman–Crippen MR) is 92.6 cm³/mol. The van der Waals surface area contributed by atoms with Gasteiger partial charge in [0.25, 0.3) is 11.1 Å². The minimum Gasteiger partial charge on any atom is -0.484 e. The standard InChI is InChI=1S/C15H17ClN4O4S/c1-2-7-17-14(22)18-12(21)9-25-15-20-19-13(24-15)8-23-11-5-3-10(16)4-6-11/h3-6H,2,7-9H2,1H3,(H2,17,18,21,22). The summed E-state index contributed by atoms with van der Waals surface area (Å²) in [5, 5.41) is 13.2. The Morgan fingerprint density at radius 2 is 2.04 bits per heavy atom. The number of nitrogens with zero attached hydrogens (tertiary/aromatic N) is 2. The van der Waals surface area contributed by atoms with Gasteiger partial charge in [-0.05, 0) is 30.7 Å². The smallest absolute Gasteiger partial charge is 0.321 e. The first-order valence-corrected chi connectivity index (χ1v) is 8.84. The van der Waals surface area contributed by atoms with Gasteiger partial charge in [-0.1, -0.05) is 30.3 Å². The van der Waals surface area contributed by atoms with Crippen molar-refractivity contribution in [3.05, 3.63) is 35.2 Å². The van der Waals surface area contributed by atoms with Crippen LogP contribution in [0.2, 0.25) is 5.02 Å². The zero-order chi connectivity index (χ0) is 18.1. The lowest BCUT2D eigenvalue weighted by molar-refractivity contribution is -0.117. The topological polar surface area (TPSA) is 106 Å². The van der Waals surface area contributed by atoms with E-state index >= 15 is 0 Å². The highest BCUT2D eigenvalue weighted by atomic mass is 35.5. The summed E-state index contributed by atoms with van der Waals surface area (Å²) >= 11 is 6.83. The zero-order valence-electron chi connectivity index (χ0n) is 13.5. The van der Waals surface area contributed by atoms with E-state index in [-0.39, 0.29) is 23.5 Å². The summed E-state index contributed by atoms with van der Waals surface area (Å²) in [4.78, 5) is 23.0. The second-order valence-electron chi connectivity index (χ2n) is 4.80. The van der Waals surface area contributed by atoms with E-state index in [0.29, 0.717) is 17.3 Å². The number of halogens is 1. The number of rotatable bonds is 8. The molecular formula is C15H17ClN4O4S. The third kappa shape index (κ3) is 7.02. The van der Waals surface area contributed by atoms with Crippen molar-refractivity contribution in [2.75, 3.05) is 12.3 Å². The quantitative estimate of drug-likeness (QED) is 0.673. The van der Waals surface area contributed by atoms with Gasteiger partial charge in [-0.3, -0.25) is 10.1 Å². The first-order valence-electron chi connectivity index (χ1n) is 7.48. The minimum atomic E-state index is -0.518. The van der Waals surface area contributed by atoms with Crippen LogP contribution in [0.15, 0.2) is 33.9 Å². The maximum Gasteiger partial charge on any atom is 0.321 e. The van der Waals surface area contributed by atoms with Crippen molar-refractivity contribution >= 4 is 35.3 Å². The van der Waals surface area contributed by atoms with Gasteiger partial charge in [-0.15, -0.1) is 10.2 Å². The highest BCUT2D eigenvalue weighted by Gasteiger charge is 2.12. The second-order valence-corrected chi connectivity index (χ2v) is 6.16. The second kappa shape index (κ2) is 9.90. The van der Waals surface area contributed by atoms with Crippen LogP contribution in [0.1, 0.15) is 19.2 Å². The van der Waals surface area contributed by atoms with Crippen molar-refractivity contribution in [1.82, 2.24) is 20.8 Å². The van der Waals surface area contributed by atoms with Crippen LogP contribution in [0.4, 0.5) is 4.79 Å². The van der Waals surface area contributed by atoms with E-state index in [1.807, 2.05) is 6.92 Å². The Balaban J connectivity index is 1.72. The van der Waals surface area contributed by atoms with E-state index in [1.54, 1.807) is 24.3 Å². The van der Waals surface area contributed by atoms with Gasteiger partial charge in [0.05, 0.1) is 5.75 Å². The summed E-state index contributed by atoms with van der Waals surface area (Å²) in [6, 6.07) is 6.35. The summed E-state index contributed by atoms with van der Waals surface area (Å²) < 4.78 is 10.8. The molecule has 0 spiro atoms. The largest absolute Gasteiger partial charge is 0.484 e. The van der Waals surface area contributed by atoms with E-state index < -0.39 is 11.9 Å². The summed E-state index contributed by atoms with van der Waals surface area (Å²) in [6.07, 6.45) is 0.791. The number of amides is 3. The number of urea groups is 1. The number of carbonyl (C=O) groups excluding carboxylic acids is 2. The fraction of sp³-hybridized carbons (Fsp3) is 0.333. The molecule has 134 valence electrons. The molecule has 0 fully saturated rings. The zero-order valence-corrected chi connectivity index (χ0v) is 15.0. The Morgan fingerprint density at radius 3 is 2.76 bits per heavy atom. The maximum atomic E-state index is 11.6. The van der Waals surface area contributed by atoms with Crippen LogP contribution in [-0.2, 0) is 11.4 Å². The van der Waals surface area contributed by atoms with Gasteiger partial charge >= 0.3 is 6.03 Å². The van der Waals surface area contributed by atoms with Crippen LogP contribution < -0.4 is 15.4 Å². The maximum absolute atomic E-state index is 11.6. The minimum absolute atomic E-state index is 0.0147. The molecule has 1 aromatic heterocycles. The molecular weight excluding hydrogens is 368 g/mol. The van der Waals surface area contributed by atoms with Crippen molar-refractivity contribution in [2.45, 2.75) is 25.2 Å². The van der Waals surface area contributed by atoms with E-state index in [2.05, 4.69) is 20.8 Å². The number of carbonyl (C=O) groups is 2. The van der Waals surface area contributed by atoms with Crippen molar-refractivity contribution in [3.63, 3.8) is 0 Å². The molecule has 25 heavy (non-hydrogen) atoms. The number of thioether (sulfide) groups is 1. The van der Waals surface area contributed by atoms with Crippen molar-refractivity contribution in [3.8, 4) is 5.75 Å². The molecule has 0 aliphatic carbocycles. The lowest BCUT2D eigenvalue weighted by Crippen LogP contribution is -2.40. The summed E-state index contributed by atoms with van der Waals surface area (Å²) in [5.74, 6) is 0.433. The first-order chi connectivity index (χ1) is 12.1. The van der Waals surface area contributed by atoms with Crippen molar-refractivity contribution in [2.24, 2.45) is 0 Å². The van der Waals surface area contributed by atoms with Gasteiger partial charge < -0.3 is 14.5 Å². The summed E-state index contributed by atoms with van der Waals surface area (Å²) in [5.41, 5.74) is 0. The molecule has 1 aromatic carbocycles. The lowest BCUT2D eigenvalue weighted by atomic mass is 10.3. The Labute approximate surface area is 153 Å². The molecule has 1 heterocycles. The number of ether oxygens (including phenoxy) is 1. The molecule has 0 bridgehead atoms. The van der Waals surface area contributed by atoms with Gasteiger partial charge in [0, 0.05) is 11.6 Å². The van der Waals surface area contributed by atoms with Crippen LogP contribution in [0, 0.1) is 0 Å². The average Bonchev–Trinajstić information content (AvgIpc) is 3.05. The van der Waals surface area contributed by atoms with Gasteiger partial charge in [-0.25, -0.2) is 4.79 Å². The average molecular weight is 385 g/mol. The molecule has 0 saturated carbocycles. The summed E-state index contributed by atoms with van der Waals surface area (Å²) in [6.45, 7) is 2.52. The molecule has 0 unspecified atom stereocenters. The lowest BCUT2D eigenvalue weighted by Gasteiger charge is -2.04. The molecule has 2 aromatic rings. The molecule has 2 rings (SSSR count). The van der Waals surface area contributed by atoms with Gasteiger partial charge in [0.2, 0.25) is 5.91 Å². The number of nitrogens with one attached hydrogen (secondary N) is 2. The molecule has 0 saturated heterocycles. The number of hydrogen-bond acceptors (Lipinski definition) is 7. The SMILES string of the molecule is CCCNC(=O)NC(=O)CSc1nnc(COc2ccc(Cl)cc2)o1. The van der Waals surface area contributed by atoms with Crippen LogP contribution in [0.3, 0.4) is 0 Å². The molecule has 2 N–H and O–H groups in total. The third-order valence-electron chi connectivity index (χ3n) is 2.74. The molecule has 8 nitrogen and oxygen atoms in total. The molecule has 0 aliphatic rings. The van der Waals surface area contributed by atoms with E-state index in [4.69, 9.17) is 20.8 Å². The highest BCUT2D eigenvalue weighted by Crippen LogP contribution is 2.19. The van der Waals surface area contributed by atoms with Gasteiger partial charge in [-0.2, -0.15) is 0 Å². The van der Waals surface area contributed by atoms with Gasteiger partial charge in [0.1, 0.15) is 5.75 Å². The van der Waals surface area contributed by atoms with E-state index in [0.717, 1.165) is 18.2 Å². The number of imide groups is 1. The Morgan fingerprint density at radius 1 is 1.28 bits per heavy atom. The molecule has 10 heteroatoms. The monoisotopic (exact) mass is 384 g/mol. The Hall–Kier alpha value is -2.26. The number of hydrogen-bond donors (Lipinski definition) is 2. The molecule has 3 amide bonds. The van der Waals surface area contributed by atoms with Crippen LogP contribution in [0.25, 0.3) is 0 Å². The van der Waals surface area contributed by atoms with Crippen molar-refractivity contribution in [1.29, 1.82) is 0 Å². The fourth-order valence-corrected chi connectivity index (χ4v) is 2.31. The van der Waals surface area contributed by atoms with Gasteiger partial charge in [0.15, 0.2) is 6.61 Å². The first kappa shape index (κ1) is 19.1. The number of benzene rings is 1. The van der Waals surface area contributed by atoms with E-state index in [9.17, 15) is 9.59 Å². The third-order valence-corrected chi connectivity index (χ3v) is 3.81. The van der Waals surface area contributed by atoms with E-state index in [1.165, 1.54) is 0 Å². The Kier molecular flexibility index (Phi) is 7.55. The fourth-order valence-electron chi connectivity index (χ4n) is 1.60.